The lowest BCUT2D eigenvalue weighted by atomic mass is 10.1. The quantitative estimate of drug-likeness (QED) is 0.835. The number of carbonyl (C=O) groups is 1. The van der Waals surface area contributed by atoms with Crippen LogP contribution in [0.4, 0.5) is 5.69 Å². The number of pyridine rings is 1. The lowest BCUT2D eigenvalue weighted by Crippen LogP contribution is -2.10. The Morgan fingerprint density at radius 1 is 1.42 bits per heavy atom. The Morgan fingerprint density at radius 2 is 2.21 bits per heavy atom. The van der Waals surface area contributed by atoms with Gasteiger partial charge in [0.2, 0.25) is 0 Å². The van der Waals surface area contributed by atoms with Crippen molar-refractivity contribution in [3.63, 3.8) is 0 Å². The van der Waals surface area contributed by atoms with E-state index in [4.69, 9.17) is 16.3 Å². The molecule has 3 rings (SSSR count). The first-order valence-corrected chi connectivity index (χ1v) is 8.02. The van der Waals surface area contributed by atoms with Gasteiger partial charge in [-0.1, -0.05) is 11.6 Å². The van der Waals surface area contributed by atoms with Gasteiger partial charge in [-0.05, 0) is 43.2 Å². The number of methoxy groups -OCH3 is 1. The first-order chi connectivity index (χ1) is 11.6. The molecule has 1 aromatic carbocycles. The molecule has 5 nitrogen and oxygen atoms in total. The molecule has 1 fully saturated rings. The smallest absolute Gasteiger partial charge is 0.339 e. The van der Waals surface area contributed by atoms with E-state index in [0.29, 0.717) is 34.3 Å². The molecule has 1 heterocycles. The van der Waals surface area contributed by atoms with Crippen molar-refractivity contribution in [3.05, 3.63) is 57.9 Å². The highest BCUT2D eigenvalue weighted by Crippen LogP contribution is 2.40. The van der Waals surface area contributed by atoms with Crippen LogP contribution in [-0.4, -0.2) is 18.1 Å². The molecule has 0 spiro atoms. The second-order valence-electron chi connectivity index (χ2n) is 5.66. The molecular weight excluding hydrogens is 326 g/mol. The van der Waals surface area contributed by atoms with Crippen molar-refractivity contribution >= 4 is 23.3 Å². The van der Waals surface area contributed by atoms with Crippen LogP contribution in [0.2, 0.25) is 5.02 Å². The maximum absolute atomic E-state index is 11.8. The van der Waals surface area contributed by atoms with Gasteiger partial charge in [0.1, 0.15) is 6.07 Å². The van der Waals surface area contributed by atoms with Crippen molar-refractivity contribution in [1.29, 1.82) is 5.26 Å². The van der Waals surface area contributed by atoms with Gasteiger partial charge >= 0.3 is 5.97 Å². The van der Waals surface area contributed by atoms with Crippen LogP contribution in [0.1, 0.15) is 46.1 Å². The summed E-state index contributed by atoms with van der Waals surface area (Å²) in [6.07, 6.45) is 2.09. The number of halogens is 1. The third-order valence-electron chi connectivity index (χ3n) is 3.91. The van der Waals surface area contributed by atoms with Crippen LogP contribution < -0.4 is 5.32 Å². The maximum atomic E-state index is 11.8. The highest BCUT2D eigenvalue weighted by Gasteiger charge is 2.30. The molecule has 2 aromatic rings. The van der Waals surface area contributed by atoms with Gasteiger partial charge in [-0.25, -0.2) is 4.79 Å². The zero-order chi connectivity index (χ0) is 17.1. The van der Waals surface area contributed by atoms with Gasteiger partial charge in [-0.3, -0.25) is 4.98 Å². The molecule has 122 valence electrons. The standard InChI is InChI=1S/C18H16ClN3O2/c1-24-18(23)15-6-5-14(22-17(15)11-2-3-11)10-21-16-7-4-13(19)8-12(16)9-20/h4-8,11,21H,2-3,10H2,1H3. The topological polar surface area (TPSA) is 75.0 Å². The Balaban J connectivity index is 1.80. The SMILES string of the molecule is COC(=O)c1ccc(CNc2ccc(Cl)cc2C#N)nc1C1CC1. The van der Waals surface area contributed by atoms with Gasteiger partial charge in [0.25, 0.3) is 0 Å². The number of nitrogens with zero attached hydrogens (tertiary/aromatic N) is 2. The normalized spacial score (nSPS) is 13.2. The summed E-state index contributed by atoms with van der Waals surface area (Å²) < 4.78 is 4.82. The number of aromatic nitrogens is 1. The Morgan fingerprint density at radius 3 is 2.88 bits per heavy atom. The molecule has 1 aliphatic rings. The van der Waals surface area contributed by atoms with Crippen LogP contribution in [0.3, 0.4) is 0 Å². The number of nitriles is 1. The predicted molar refractivity (Wildman–Crippen MR) is 91.0 cm³/mol. The molecule has 1 aromatic heterocycles. The van der Waals surface area contributed by atoms with Crippen LogP contribution in [0.15, 0.2) is 30.3 Å². The minimum absolute atomic E-state index is 0.337. The summed E-state index contributed by atoms with van der Waals surface area (Å²) in [5.41, 5.74) is 3.33. The second-order valence-corrected chi connectivity index (χ2v) is 6.09. The van der Waals surface area contributed by atoms with E-state index in [9.17, 15) is 10.1 Å². The van der Waals surface area contributed by atoms with E-state index in [2.05, 4.69) is 16.4 Å². The van der Waals surface area contributed by atoms with Gasteiger partial charge in [0, 0.05) is 10.9 Å². The number of anilines is 1. The fraction of sp³-hybridized carbons (Fsp3) is 0.278. The van der Waals surface area contributed by atoms with Crippen LogP contribution in [-0.2, 0) is 11.3 Å². The third kappa shape index (κ3) is 3.50. The van der Waals surface area contributed by atoms with Gasteiger partial charge in [0.05, 0.1) is 41.9 Å². The second kappa shape index (κ2) is 6.90. The number of rotatable bonds is 5. The molecule has 0 unspecified atom stereocenters. The summed E-state index contributed by atoms with van der Waals surface area (Å²) in [7, 11) is 1.37. The summed E-state index contributed by atoms with van der Waals surface area (Å²) in [5, 5.41) is 12.9. The summed E-state index contributed by atoms with van der Waals surface area (Å²) in [6, 6.07) is 10.8. The molecule has 0 saturated heterocycles. The fourth-order valence-corrected chi connectivity index (χ4v) is 2.69. The summed E-state index contributed by atoms with van der Waals surface area (Å²) in [5.74, 6) is -0.0161. The molecule has 1 aliphatic carbocycles. The van der Waals surface area contributed by atoms with Crippen LogP contribution in [0, 0.1) is 11.3 Å². The summed E-state index contributed by atoms with van der Waals surface area (Å²) in [4.78, 5) is 16.5. The van der Waals surface area contributed by atoms with E-state index >= 15 is 0 Å². The Bertz CT molecular complexity index is 825. The van der Waals surface area contributed by atoms with Gasteiger partial charge in [-0.15, -0.1) is 0 Å². The fourth-order valence-electron chi connectivity index (χ4n) is 2.52. The molecule has 0 amide bonds. The van der Waals surface area contributed by atoms with E-state index < -0.39 is 0 Å². The number of carbonyl (C=O) groups excluding carboxylic acids is 1. The molecule has 0 aliphatic heterocycles. The van der Waals surface area contributed by atoms with Gasteiger partial charge in [0.15, 0.2) is 0 Å². The van der Waals surface area contributed by atoms with Crippen molar-refractivity contribution in [2.75, 3.05) is 12.4 Å². The lowest BCUT2D eigenvalue weighted by molar-refractivity contribution is 0.0598. The molecule has 6 heteroatoms. The number of nitrogens with one attached hydrogen (secondary N) is 1. The average Bonchev–Trinajstić information content (AvgIpc) is 3.44. The third-order valence-corrected chi connectivity index (χ3v) is 4.15. The molecule has 0 atom stereocenters. The predicted octanol–water partition coefficient (Wildman–Crippen LogP) is 3.88. The molecule has 24 heavy (non-hydrogen) atoms. The van der Waals surface area contributed by atoms with Crippen molar-refractivity contribution in [1.82, 2.24) is 4.98 Å². The van der Waals surface area contributed by atoms with Crippen molar-refractivity contribution in [2.45, 2.75) is 25.3 Å². The van der Waals surface area contributed by atoms with Crippen LogP contribution >= 0.6 is 11.6 Å². The van der Waals surface area contributed by atoms with Crippen molar-refractivity contribution < 1.29 is 9.53 Å². The number of ether oxygens (including phenoxy) is 1. The first-order valence-electron chi connectivity index (χ1n) is 7.64. The number of benzene rings is 1. The Labute approximate surface area is 145 Å². The molecule has 1 saturated carbocycles. The van der Waals surface area contributed by atoms with Crippen LogP contribution in [0.25, 0.3) is 0 Å². The summed E-state index contributed by atoms with van der Waals surface area (Å²) >= 11 is 5.90. The van der Waals surface area contributed by atoms with E-state index in [-0.39, 0.29) is 5.97 Å². The van der Waals surface area contributed by atoms with Gasteiger partial charge < -0.3 is 10.1 Å². The minimum Gasteiger partial charge on any atom is -0.465 e. The van der Waals surface area contributed by atoms with E-state index in [1.54, 1.807) is 30.3 Å². The highest BCUT2D eigenvalue weighted by molar-refractivity contribution is 6.30. The minimum atomic E-state index is -0.353. The molecule has 0 radical (unpaired) electrons. The number of esters is 1. The van der Waals surface area contributed by atoms with Gasteiger partial charge in [-0.2, -0.15) is 5.26 Å². The van der Waals surface area contributed by atoms with E-state index in [0.717, 1.165) is 24.2 Å². The van der Waals surface area contributed by atoms with Crippen molar-refractivity contribution in [2.24, 2.45) is 0 Å². The highest BCUT2D eigenvalue weighted by atomic mass is 35.5. The molecule has 1 N–H and O–H groups in total. The molecular formula is C18H16ClN3O2. The summed E-state index contributed by atoms with van der Waals surface area (Å²) in [6.45, 7) is 0.456. The first kappa shape index (κ1) is 16.3. The van der Waals surface area contributed by atoms with E-state index in [1.807, 2.05) is 0 Å². The largest absolute Gasteiger partial charge is 0.465 e. The zero-order valence-corrected chi connectivity index (χ0v) is 13.9. The number of hydrogen-bond acceptors (Lipinski definition) is 5. The van der Waals surface area contributed by atoms with Crippen LogP contribution in [0.5, 0.6) is 0 Å². The maximum Gasteiger partial charge on any atom is 0.339 e. The Hall–Kier alpha value is -2.58. The number of hydrogen-bond donors (Lipinski definition) is 1. The average molecular weight is 342 g/mol. The Kier molecular flexibility index (Phi) is 4.68. The van der Waals surface area contributed by atoms with E-state index in [1.165, 1.54) is 7.11 Å². The zero-order valence-electron chi connectivity index (χ0n) is 13.2. The molecule has 0 bridgehead atoms. The monoisotopic (exact) mass is 341 g/mol. The van der Waals surface area contributed by atoms with Crippen molar-refractivity contribution in [3.8, 4) is 6.07 Å². The lowest BCUT2D eigenvalue weighted by Gasteiger charge is -2.11.